The van der Waals surface area contributed by atoms with E-state index in [2.05, 4.69) is 45.7 Å². The van der Waals surface area contributed by atoms with E-state index in [1.54, 1.807) is 11.8 Å². The zero-order valence-corrected chi connectivity index (χ0v) is 14.4. The second-order valence-electron chi connectivity index (χ2n) is 5.44. The van der Waals surface area contributed by atoms with E-state index in [0.717, 1.165) is 30.4 Å². The maximum Gasteiger partial charge on any atom is 0.240 e. The Kier molecular flexibility index (Phi) is 6.40. The Hall–Kier alpha value is -0.700. The van der Waals surface area contributed by atoms with Crippen LogP contribution in [-0.4, -0.2) is 57.6 Å². The molecule has 0 spiro atoms. The number of nitrogens with one attached hydrogen (secondary N) is 2. The maximum atomic E-state index is 12.1. The largest absolute Gasteiger partial charge is 0.309 e. The van der Waals surface area contributed by atoms with Gasteiger partial charge in [-0.1, -0.05) is 18.7 Å². The summed E-state index contributed by atoms with van der Waals surface area (Å²) in [6.07, 6.45) is 1.09. The highest BCUT2D eigenvalue weighted by molar-refractivity contribution is 7.99. The number of rotatable bonds is 6. The van der Waals surface area contributed by atoms with Crippen molar-refractivity contribution in [3.05, 3.63) is 0 Å². The zero-order chi connectivity index (χ0) is 15.2. The maximum absolute atomic E-state index is 12.1. The molecule has 2 heterocycles. The van der Waals surface area contributed by atoms with Gasteiger partial charge in [-0.2, -0.15) is 9.36 Å². The molecule has 2 rings (SSSR count). The van der Waals surface area contributed by atoms with Crippen LogP contribution >= 0.6 is 23.3 Å². The van der Waals surface area contributed by atoms with Crippen molar-refractivity contribution < 1.29 is 4.79 Å². The highest BCUT2D eigenvalue weighted by atomic mass is 32.2. The summed E-state index contributed by atoms with van der Waals surface area (Å²) >= 11 is 2.87. The van der Waals surface area contributed by atoms with Gasteiger partial charge < -0.3 is 5.32 Å². The second kappa shape index (κ2) is 8.07. The number of carbonyl (C=O) groups is 1. The van der Waals surface area contributed by atoms with Crippen molar-refractivity contribution >= 4 is 34.3 Å². The number of aromatic nitrogens is 2. The van der Waals surface area contributed by atoms with Crippen LogP contribution in [0.1, 0.15) is 27.2 Å². The third-order valence-electron chi connectivity index (χ3n) is 3.09. The normalized spacial score (nSPS) is 23.2. The summed E-state index contributed by atoms with van der Waals surface area (Å²) in [4.78, 5) is 18.6. The van der Waals surface area contributed by atoms with Crippen molar-refractivity contribution in [3.8, 4) is 0 Å². The number of hydrogen-bond donors (Lipinski definition) is 2. The lowest BCUT2D eigenvalue weighted by molar-refractivity contribution is -0.117. The van der Waals surface area contributed by atoms with Crippen LogP contribution in [0, 0.1) is 0 Å². The quantitative estimate of drug-likeness (QED) is 0.774. The molecule has 118 valence electrons. The number of carbonyl (C=O) groups excluding carboxylic acids is 1. The lowest BCUT2D eigenvalue weighted by Gasteiger charge is -2.35. The third kappa shape index (κ3) is 5.54. The highest BCUT2D eigenvalue weighted by Crippen LogP contribution is 2.20. The van der Waals surface area contributed by atoms with E-state index in [4.69, 9.17) is 0 Å². The fraction of sp³-hybridized carbons (Fsp3) is 0.769. The molecule has 2 atom stereocenters. The fourth-order valence-corrected chi connectivity index (χ4v) is 3.86. The van der Waals surface area contributed by atoms with Crippen LogP contribution in [0.15, 0.2) is 5.16 Å². The Bertz CT molecular complexity index is 457. The minimum Gasteiger partial charge on any atom is -0.309 e. The average molecular weight is 329 g/mol. The third-order valence-corrected chi connectivity index (χ3v) is 4.89. The van der Waals surface area contributed by atoms with Crippen LogP contribution in [0.2, 0.25) is 0 Å². The molecular weight excluding hydrogens is 306 g/mol. The molecule has 1 amide bonds. The van der Waals surface area contributed by atoms with Gasteiger partial charge in [0.25, 0.3) is 0 Å². The van der Waals surface area contributed by atoms with E-state index in [0.29, 0.717) is 23.8 Å². The van der Waals surface area contributed by atoms with Crippen LogP contribution in [0.5, 0.6) is 0 Å². The Labute approximate surface area is 134 Å². The number of hydrogen-bond acceptors (Lipinski definition) is 7. The summed E-state index contributed by atoms with van der Waals surface area (Å²) in [6.45, 7) is 8.60. The molecule has 21 heavy (non-hydrogen) atoms. The Morgan fingerprint density at radius 3 is 2.86 bits per heavy atom. The van der Waals surface area contributed by atoms with Gasteiger partial charge in [-0.3, -0.25) is 15.0 Å². The van der Waals surface area contributed by atoms with Gasteiger partial charge in [-0.15, -0.1) is 0 Å². The Balaban J connectivity index is 1.79. The summed E-state index contributed by atoms with van der Waals surface area (Å²) in [5, 5.41) is 7.65. The van der Waals surface area contributed by atoms with Crippen molar-refractivity contribution in [1.29, 1.82) is 0 Å². The standard InChI is InChI=1S/C13H23N5OS2/c1-4-5-20-13-16-12(21-17-13)15-11(19)8-18-6-9(2)14-10(3)7-18/h9-10,14H,4-8H2,1-3H3,(H,15,16,17,19). The van der Waals surface area contributed by atoms with Gasteiger partial charge in [-0.05, 0) is 20.3 Å². The van der Waals surface area contributed by atoms with Crippen molar-refractivity contribution in [2.75, 3.05) is 30.7 Å². The number of thioether (sulfide) groups is 1. The van der Waals surface area contributed by atoms with Gasteiger partial charge in [0.2, 0.25) is 16.2 Å². The zero-order valence-electron chi connectivity index (χ0n) is 12.8. The monoisotopic (exact) mass is 329 g/mol. The first-order chi connectivity index (χ1) is 10.1. The van der Waals surface area contributed by atoms with E-state index >= 15 is 0 Å². The van der Waals surface area contributed by atoms with Gasteiger partial charge in [-0.25, -0.2) is 0 Å². The smallest absolute Gasteiger partial charge is 0.240 e. The minimum absolute atomic E-state index is 0.0144. The minimum atomic E-state index is -0.0144. The molecule has 0 saturated carbocycles. The van der Waals surface area contributed by atoms with E-state index in [-0.39, 0.29) is 5.91 Å². The predicted octanol–water partition coefficient (Wildman–Crippen LogP) is 1.66. The first-order valence-corrected chi connectivity index (χ1v) is 9.07. The first kappa shape index (κ1) is 16.7. The molecule has 0 aromatic carbocycles. The molecule has 1 aliphatic heterocycles. The summed E-state index contributed by atoms with van der Waals surface area (Å²) in [5.41, 5.74) is 0. The van der Waals surface area contributed by atoms with Crippen molar-refractivity contribution in [2.45, 2.75) is 44.4 Å². The number of amides is 1. The molecule has 0 aliphatic carbocycles. The molecule has 1 aliphatic rings. The molecule has 2 N–H and O–H groups in total. The van der Waals surface area contributed by atoms with E-state index in [1.807, 2.05) is 0 Å². The molecule has 8 heteroatoms. The summed E-state index contributed by atoms with van der Waals surface area (Å²) < 4.78 is 4.23. The van der Waals surface area contributed by atoms with Crippen molar-refractivity contribution in [3.63, 3.8) is 0 Å². The molecule has 1 aromatic rings. The average Bonchev–Trinajstić information content (AvgIpc) is 2.82. The van der Waals surface area contributed by atoms with Gasteiger partial charge in [0.1, 0.15) is 0 Å². The Morgan fingerprint density at radius 2 is 2.19 bits per heavy atom. The Morgan fingerprint density at radius 1 is 1.48 bits per heavy atom. The number of nitrogens with zero attached hydrogens (tertiary/aromatic N) is 3. The highest BCUT2D eigenvalue weighted by Gasteiger charge is 2.22. The van der Waals surface area contributed by atoms with E-state index < -0.39 is 0 Å². The lowest BCUT2D eigenvalue weighted by atomic mass is 10.1. The van der Waals surface area contributed by atoms with Crippen LogP contribution in [0.25, 0.3) is 0 Å². The second-order valence-corrected chi connectivity index (χ2v) is 7.26. The summed E-state index contributed by atoms with van der Waals surface area (Å²) in [5.74, 6) is 0.986. The summed E-state index contributed by atoms with van der Waals surface area (Å²) in [7, 11) is 0. The molecule has 0 bridgehead atoms. The predicted molar refractivity (Wildman–Crippen MR) is 88.1 cm³/mol. The molecule has 1 fully saturated rings. The molecule has 1 aromatic heterocycles. The SMILES string of the molecule is CCCSc1nsc(NC(=O)CN2CC(C)NC(C)C2)n1. The fourth-order valence-electron chi connectivity index (χ4n) is 2.44. The van der Waals surface area contributed by atoms with Crippen LogP contribution in [-0.2, 0) is 4.79 Å². The molecule has 2 unspecified atom stereocenters. The van der Waals surface area contributed by atoms with Crippen LogP contribution < -0.4 is 10.6 Å². The van der Waals surface area contributed by atoms with Crippen LogP contribution in [0.3, 0.4) is 0 Å². The van der Waals surface area contributed by atoms with E-state index in [1.165, 1.54) is 11.5 Å². The van der Waals surface area contributed by atoms with Crippen LogP contribution in [0.4, 0.5) is 5.13 Å². The summed E-state index contributed by atoms with van der Waals surface area (Å²) in [6, 6.07) is 0.834. The topological polar surface area (TPSA) is 70.2 Å². The van der Waals surface area contributed by atoms with Gasteiger partial charge in [0, 0.05) is 42.5 Å². The molecule has 0 radical (unpaired) electrons. The van der Waals surface area contributed by atoms with Gasteiger partial charge in [0.15, 0.2) is 0 Å². The lowest BCUT2D eigenvalue weighted by Crippen LogP contribution is -2.55. The first-order valence-electron chi connectivity index (χ1n) is 7.31. The number of anilines is 1. The van der Waals surface area contributed by atoms with Crippen molar-refractivity contribution in [1.82, 2.24) is 19.6 Å². The van der Waals surface area contributed by atoms with Gasteiger partial charge >= 0.3 is 0 Å². The van der Waals surface area contributed by atoms with Gasteiger partial charge in [0.05, 0.1) is 6.54 Å². The number of piperazine rings is 1. The van der Waals surface area contributed by atoms with Crippen molar-refractivity contribution in [2.24, 2.45) is 0 Å². The molecular formula is C13H23N5OS2. The molecule has 1 saturated heterocycles. The molecule has 6 nitrogen and oxygen atoms in total. The van der Waals surface area contributed by atoms with E-state index in [9.17, 15) is 4.79 Å².